The Kier molecular flexibility index (Phi) is 9.58. The zero-order valence-electron chi connectivity index (χ0n) is 26.7. The van der Waals surface area contributed by atoms with Crippen LogP contribution in [0.25, 0.3) is 0 Å². The van der Waals surface area contributed by atoms with Crippen molar-refractivity contribution in [2.75, 3.05) is 13.7 Å². The van der Waals surface area contributed by atoms with Crippen molar-refractivity contribution in [3.8, 4) is 0 Å². The monoisotopic (exact) mass is 598 g/mol. The number of ether oxygens (including phenoxy) is 5. The molecule has 4 aliphatic heterocycles. The van der Waals surface area contributed by atoms with Crippen molar-refractivity contribution in [2.45, 2.75) is 122 Å². The first kappa shape index (κ1) is 32.3. The highest BCUT2D eigenvalue weighted by molar-refractivity contribution is 5.78. The van der Waals surface area contributed by atoms with Crippen LogP contribution in [0.1, 0.15) is 73.6 Å². The largest absolute Gasteiger partial charge is 0.462 e. The van der Waals surface area contributed by atoms with Gasteiger partial charge in [-0.15, -0.1) is 0 Å². The summed E-state index contributed by atoms with van der Waals surface area (Å²) in [5.74, 6) is -2.41. The highest BCUT2D eigenvalue weighted by Gasteiger charge is 2.60. The Morgan fingerprint density at radius 1 is 1.16 bits per heavy atom. The third kappa shape index (κ3) is 6.24. The number of hydrogen-bond donors (Lipinski definition) is 2. The molecule has 8 heteroatoms. The van der Waals surface area contributed by atoms with Crippen LogP contribution in [0.3, 0.4) is 0 Å². The van der Waals surface area contributed by atoms with Gasteiger partial charge in [-0.05, 0) is 63.2 Å². The van der Waals surface area contributed by atoms with Gasteiger partial charge >= 0.3 is 5.97 Å². The lowest BCUT2D eigenvalue weighted by molar-refractivity contribution is -0.342. The number of hydrogen-bond acceptors (Lipinski definition) is 8. The molecule has 1 aliphatic carbocycles. The average Bonchev–Trinajstić information content (AvgIpc) is 3.29. The highest BCUT2D eigenvalue weighted by atomic mass is 16.7. The Bertz CT molecular complexity index is 1210. The Labute approximate surface area is 256 Å². The molecule has 5 unspecified atom stereocenters. The number of carbonyl (C=O) groups excluding carboxylic acids is 1. The fraction of sp³-hybridized carbons (Fsp3) is 0.686. The van der Waals surface area contributed by atoms with Gasteiger partial charge in [0.2, 0.25) is 0 Å². The SMILES string of the molecule is C/C=C(\C)[C@H]1OC2(CC3CC(C/C=C(\C)C[C@@H](C)/C=C/C=C4\COC5[C@H](OC)C(C)=CC(C(=O)O3)[C@]45O)O2)C[C@H](O)[C@@H]1C. The van der Waals surface area contributed by atoms with Gasteiger partial charge in [0.15, 0.2) is 5.79 Å². The molecule has 0 saturated carbocycles. The minimum atomic E-state index is -1.61. The van der Waals surface area contributed by atoms with Crippen molar-refractivity contribution < 1.29 is 38.7 Å². The summed E-state index contributed by atoms with van der Waals surface area (Å²) in [4.78, 5) is 14.1. The molecule has 4 heterocycles. The molecule has 0 aromatic rings. The van der Waals surface area contributed by atoms with Crippen molar-refractivity contribution in [1.82, 2.24) is 0 Å². The predicted molar refractivity (Wildman–Crippen MR) is 163 cm³/mol. The minimum Gasteiger partial charge on any atom is -0.462 e. The van der Waals surface area contributed by atoms with Crippen LogP contribution in [0.2, 0.25) is 0 Å². The van der Waals surface area contributed by atoms with E-state index in [2.05, 4.69) is 26.0 Å². The number of esters is 1. The molecule has 43 heavy (non-hydrogen) atoms. The van der Waals surface area contributed by atoms with Gasteiger partial charge in [-0.1, -0.05) is 55.9 Å². The maximum Gasteiger partial charge on any atom is 0.316 e. The summed E-state index contributed by atoms with van der Waals surface area (Å²) < 4.78 is 31.5. The zero-order chi connectivity index (χ0) is 31.1. The van der Waals surface area contributed by atoms with Gasteiger partial charge in [0.25, 0.3) is 0 Å². The maximum absolute atomic E-state index is 14.1. The summed E-state index contributed by atoms with van der Waals surface area (Å²) in [5.41, 5.74) is 2.11. The van der Waals surface area contributed by atoms with Crippen LogP contribution in [0.15, 0.2) is 58.7 Å². The second-order valence-corrected chi connectivity index (χ2v) is 13.5. The lowest BCUT2D eigenvalue weighted by atomic mass is 9.70. The molecule has 0 aromatic heterocycles. The molecule has 0 radical (unpaired) electrons. The number of aliphatic hydroxyl groups is 2. The van der Waals surface area contributed by atoms with Gasteiger partial charge in [-0.2, -0.15) is 0 Å². The molecule has 5 rings (SSSR count). The third-order valence-corrected chi connectivity index (χ3v) is 10.2. The number of allylic oxidation sites excluding steroid dienone is 5. The van der Waals surface area contributed by atoms with Crippen LogP contribution >= 0.6 is 0 Å². The van der Waals surface area contributed by atoms with Gasteiger partial charge in [0.05, 0.1) is 24.9 Å². The summed E-state index contributed by atoms with van der Waals surface area (Å²) in [7, 11) is 1.59. The molecule has 3 fully saturated rings. The van der Waals surface area contributed by atoms with Crippen LogP contribution in [-0.4, -0.2) is 77.9 Å². The standard InChI is InChI=1S/C35H50O8/c1-8-22(4)30-24(6)29(36)18-34(43-30)17-27-16-26(42-34)13-12-21(3)14-20(2)10-9-11-25-19-40-32-31(39-7)23(5)15-28(33(37)41-27)35(25,32)38/h8-12,15,20,24,26-32,36,38H,13-14,16-19H2,1-7H3/b10-9+,21-12+,22-8+,25-11+/t20-,24-,26?,27?,28?,29-,30+,31+,32?,34?,35+/m0/s1. The van der Waals surface area contributed by atoms with Gasteiger partial charge in [0, 0.05) is 32.3 Å². The summed E-state index contributed by atoms with van der Waals surface area (Å²) in [6.07, 6.45) is 11.6. The molecule has 2 bridgehead atoms. The molecule has 1 spiro atoms. The average molecular weight is 599 g/mol. The molecular weight excluding hydrogens is 548 g/mol. The molecule has 3 saturated heterocycles. The third-order valence-electron chi connectivity index (χ3n) is 10.2. The normalized spacial score (nSPS) is 47.5. The van der Waals surface area contributed by atoms with Crippen LogP contribution in [0.4, 0.5) is 0 Å². The van der Waals surface area contributed by atoms with Crippen LogP contribution in [-0.2, 0) is 28.5 Å². The van der Waals surface area contributed by atoms with Gasteiger partial charge in [-0.3, -0.25) is 4.79 Å². The highest BCUT2D eigenvalue weighted by Crippen LogP contribution is 2.48. The summed E-state index contributed by atoms with van der Waals surface area (Å²) in [5, 5.41) is 23.5. The Balaban J connectivity index is 1.54. The van der Waals surface area contributed by atoms with Gasteiger partial charge in [0.1, 0.15) is 29.8 Å². The minimum absolute atomic E-state index is 0.100. The van der Waals surface area contributed by atoms with Crippen molar-refractivity contribution in [3.63, 3.8) is 0 Å². The molecule has 0 aromatic carbocycles. The molecule has 11 atom stereocenters. The second kappa shape index (κ2) is 12.7. The molecule has 8 nitrogen and oxygen atoms in total. The lowest BCUT2D eigenvalue weighted by Gasteiger charge is -2.51. The van der Waals surface area contributed by atoms with E-state index in [0.29, 0.717) is 31.3 Å². The van der Waals surface area contributed by atoms with Crippen molar-refractivity contribution in [3.05, 3.63) is 58.7 Å². The zero-order valence-corrected chi connectivity index (χ0v) is 26.7. The first-order chi connectivity index (χ1) is 20.4. The summed E-state index contributed by atoms with van der Waals surface area (Å²) in [6, 6.07) is 0. The smallest absolute Gasteiger partial charge is 0.316 e. The van der Waals surface area contributed by atoms with E-state index in [1.165, 1.54) is 5.57 Å². The fourth-order valence-corrected chi connectivity index (χ4v) is 7.68. The Morgan fingerprint density at radius 3 is 2.65 bits per heavy atom. The Morgan fingerprint density at radius 2 is 1.93 bits per heavy atom. The van der Waals surface area contributed by atoms with E-state index in [0.717, 1.165) is 17.6 Å². The van der Waals surface area contributed by atoms with Crippen molar-refractivity contribution in [1.29, 1.82) is 0 Å². The van der Waals surface area contributed by atoms with Crippen molar-refractivity contribution >= 4 is 5.97 Å². The summed E-state index contributed by atoms with van der Waals surface area (Å²) >= 11 is 0. The van der Waals surface area contributed by atoms with E-state index < -0.39 is 47.7 Å². The summed E-state index contributed by atoms with van der Waals surface area (Å²) in [6.45, 7) is 12.3. The van der Waals surface area contributed by atoms with Crippen LogP contribution in [0.5, 0.6) is 0 Å². The van der Waals surface area contributed by atoms with E-state index in [4.69, 9.17) is 23.7 Å². The molecule has 2 N–H and O–H groups in total. The van der Waals surface area contributed by atoms with Crippen LogP contribution in [0, 0.1) is 17.8 Å². The first-order valence-electron chi connectivity index (χ1n) is 15.9. The van der Waals surface area contributed by atoms with Crippen LogP contribution < -0.4 is 0 Å². The Hall–Kier alpha value is -2.07. The van der Waals surface area contributed by atoms with E-state index >= 15 is 0 Å². The van der Waals surface area contributed by atoms with E-state index in [1.54, 1.807) is 13.2 Å². The lowest BCUT2D eigenvalue weighted by Crippen LogP contribution is -2.59. The second-order valence-electron chi connectivity index (χ2n) is 13.5. The molecule has 5 aliphatic rings. The van der Waals surface area contributed by atoms with Gasteiger partial charge < -0.3 is 33.9 Å². The first-order valence-corrected chi connectivity index (χ1v) is 15.9. The number of carbonyl (C=O) groups is 1. The number of methoxy groups -OCH3 is 1. The number of rotatable bonds is 2. The van der Waals surface area contributed by atoms with E-state index in [-0.39, 0.29) is 30.7 Å². The fourth-order valence-electron chi connectivity index (χ4n) is 7.68. The van der Waals surface area contributed by atoms with E-state index in [1.807, 2.05) is 45.9 Å². The maximum atomic E-state index is 14.1. The topological polar surface area (TPSA) is 104 Å². The quantitative estimate of drug-likeness (QED) is 0.334. The number of aliphatic hydroxyl groups excluding tert-OH is 1. The van der Waals surface area contributed by atoms with Crippen molar-refractivity contribution in [2.24, 2.45) is 17.8 Å². The van der Waals surface area contributed by atoms with Gasteiger partial charge in [-0.25, -0.2) is 0 Å². The molecule has 238 valence electrons. The predicted octanol–water partition coefficient (Wildman–Crippen LogP) is 5.11. The number of fused-ring (bicyclic) bond motifs is 2. The molecule has 0 amide bonds. The van der Waals surface area contributed by atoms with E-state index in [9.17, 15) is 15.0 Å². The molecular formula is C35H50O8.